The lowest BCUT2D eigenvalue weighted by Crippen LogP contribution is -2.58. The Morgan fingerprint density at radius 1 is 0.871 bits per heavy atom. The number of aliphatic hydroxyl groups is 1. The predicted molar refractivity (Wildman–Crippen MR) is 114 cm³/mol. The second-order valence-electron chi connectivity index (χ2n) is 6.78. The van der Waals surface area contributed by atoms with Crippen LogP contribution in [0.5, 0.6) is 0 Å². The van der Waals surface area contributed by atoms with Crippen molar-refractivity contribution in [2.24, 2.45) is 17.2 Å². The van der Waals surface area contributed by atoms with Crippen molar-refractivity contribution in [1.29, 1.82) is 0 Å². The van der Waals surface area contributed by atoms with Gasteiger partial charge in [-0.15, -0.1) is 0 Å². The van der Waals surface area contributed by atoms with Gasteiger partial charge in [0.15, 0.2) is 0 Å². The molecule has 0 rings (SSSR count). The van der Waals surface area contributed by atoms with Crippen molar-refractivity contribution >= 4 is 42.2 Å². The normalized spacial score (nSPS) is 14.6. The molecule has 178 valence electrons. The fourth-order valence-corrected chi connectivity index (χ4v) is 2.57. The Morgan fingerprint density at radius 3 is 1.90 bits per heavy atom. The van der Waals surface area contributed by atoms with Gasteiger partial charge in [-0.1, -0.05) is 0 Å². The van der Waals surface area contributed by atoms with Crippen LogP contribution >= 0.6 is 12.6 Å². The van der Waals surface area contributed by atoms with Crippen LogP contribution in [0.3, 0.4) is 0 Å². The number of carboxylic acid groups (broad SMARTS) is 1. The molecule has 0 bridgehead atoms. The molecular formula is C17H32N6O7S. The zero-order valence-electron chi connectivity index (χ0n) is 17.1. The van der Waals surface area contributed by atoms with E-state index in [4.69, 9.17) is 17.2 Å². The molecule has 0 saturated heterocycles. The second kappa shape index (κ2) is 15.4. The average Bonchev–Trinajstić information content (AvgIpc) is 2.72. The molecule has 11 N–H and O–H groups in total. The molecule has 0 radical (unpaired) electrons. The summed E-state index contributed by atoms with van der Waals surface area (Å²) in [5, 5.41) is 25.5. The molecule has 31 heavy (non-hydrogen) atoms. The van der Waals surface area contributed by atoms with E-state index in [-0.39, 0.29) is 25.0 Å². The van der Waals surface area contributed by atoms with E-state index in [0.717, 1.165) is 0 Å². The summed E-state index contributed by atoms with van der Waals surface area (Å²) in [6.45, 7) is -0.468. The highest BCUT2D eigenvalue weighted by Gasteiger charge is 2.29. The van der Waals surface area contributed by atoms with Gasteiger partial charge >= 0.3 is 5.97 Å². The molecule has 13 nitrogen and oxygen atoms in total. The van der Waals surface area contributed by atoms with Crippen molar-refractivity contribution in [3.05, 3.63) is 0 Å². The van der Waals surface area contributed by atoms with Crippen LogP contribution in [0.2, 0.25) is 0 Å². The summed E-state index contributed by atoms with van der Waals surface area (Å²) < 4.78 is 0. The van der Waals surface area contributed by atoms with E-state index in [9.17, 15) is 34.2 Å². The van der Waals surface area contributed by atoms with Gasteiger partial charge in [-0.05, 0) is 32.2 Å². The minimum absolute atomic E-state index is 0.00159. The fraction of sp³-hybridized carbons (Fsp3) is 0.706. The van der Waals surface area contributed by atoms with Crippen molar-refractivity contribution in [2.75, 3.05) is 18.9 Å². The molecule has 0 aromatic rings. The topological polar surface area (TPSA) is 240 Å². The Bertz CT molecular complexity index is 636. The maximum absolute atomic E-state index is 12.5. The van der Waals surface area contributed by atoms with E-state index in [1.54, 1.807) is 0 Å². The Morgan fingerprint density at radius 2 is 1.42 bits per heavy atom. The number of primary amides is 1. The molecule has 0 fully saturated rings. The van der Waals surface area contributed by atoms with Gasteiger partial charge in [-0.3, -0.25) is 19.2 Å². The van der Waals surface area contributed by atoms with Crippen molar-refractivity contribution < 1.29 is 34.2 Å². The first-order chi connectivity index (χ1) is 14.6. The molecule has 0 spiro atoms. The van der Waals surface area contributed by atoms with Crippen molar-refractivity contribution in [3.63, 3.8) is 0 Å². The standard InChI is InChI=1S/C17H32N6O7S/c18-6-2-1-3-11(17(29)30)22-16(28)12(7-24)23-15(27)10(4-5-13(20)25)21-14(26)9(19)8-31/h9-12,24,31H,1-8,18-19H2,(H2,20,25)(H,21,26)(H,22,28)(H,23,27)(H,29,30). The Labute approximate surface area is 185 Å². The van der Waals surface area contributed by atoms with Gasteiger partial charge in [0.05, 0.1) is 12.6 Å². The smallest absolute Gasteiger partial charge is 0.326 e. The van der Waals surface area contributed by atoms with Gasteiger partial charge in [0, 0.05) is 12.2 Å². The maximum atomic E-state index is 12.5. The highest BCUT2D eigenvalue weighted by Crippen LogP contribution is 2.03. The lowest BCUT2D eigenvalue weighted by Gasteiger charge is -2.24. The Hall–Kier alpha value is -2.42. The lowest BCUT2D eigenvalue weighted by molar-refractivity contribution is -0.142. The van der Waals surface area contributed by atoms with Gasteiger partial charge < -0.3 is 43.4 Å². The molecule has 0 aliphatic carbocycles. The van der Waals surface area contributed by atoms with Crippen LogP contribution in [-0.4, -0.2) is 82.9 Å². The van der Waals surface area contributed by atoms with Gasteiger partial charge in [-0.2, -0.15) is 12.6 Å². The largest absolute Gasteiger partial charge is 0.480 e. The number of nitrogens with one attached hydrogen (secondary N) is 3. The molecule has 0 aliphatic rings. The van der Waals surface area contributed by atoms with E-state index < -0.39 is 60.4 Å². The van der Waals surface area contributed by atoms with Crippen LogP contribution < -0.4 is 33.2 Å². The summed E-state index contributed by atoms with van der Waals surface area (Å²) in [5.41, 5.74) is 16.0. The number of hydrogen-bond acceptors (Lipinski definition) is 9. The van der Waals surface area contributed by atoms with E-state index in [1.807, 2.05) is 0 Å². The highest BCUT2D eigenvalue weighted by atomic mass is 32.1. The lowest BCUT2D eigenvalue weighted by atomic mass is 10.1. The summed E-state index contributed by atoms with van der Waals surface area (Å²) in [4.78, 5) is 59.3. The third-order valence-electron chi connectivity index (χ3n) is 4.22. The van der Waals surface area contributed by atoms with Crippen LogP contribution in [0.15, 0.2) is 0 Å². The summed E-state index contributed by atoms with van der Waals surface area (Å²) >= 11 is 3.89. The minimum Gasteiger partial charge on any atom is -0.480 e. The third kappa shape index (κ3) is 11.5. The predicted octanol–water partition coefficient (Wildman–Crippen LogP) is -3.83. The van der Waals surface area contributed by atoms with Crippen LogP contribution in [0.4, 0.5) is 0 Å². The number of carbonyl (C=O) groups excluding carboxylic acids is 4. The van der Waals surface area contributed by atoms with Gasteiger partial charge in [0.25, 0.3) is 0 Å². The summed E-state index contributed by atoms with van der Waals surface area (Å²) in [6.07, 6.45) is 0.713. The first-order valence-corrected chi connectivity index (χ1v) is 10.3. The first kappa shape index (κ1) is 28.6. The van der Waals surface area contributed by atoms with E-state index in [2.05, 4.69) is 28.6 Å². The van der Waals surface area contributed by atoms with Gasteiger partial charge in [0.2, 0.25) is 23.6 Å². The van der Waals surface area contributed by atoms with Crippen LogP contribution in [0.25, 0.3) is 0 Å². The number of thiol groups is 1. The zero-order valence-corrected chi connectivity index (χ0v) is 18.0. The number of unbranched alkanes of at least 4 members (excludes halogenated alkanes) is 1. The quantitative estimate of drug-likeness (QED) is 0.0801. The molecule has 4 unspecified atom stereocenters. The Balaban J connectivity index is 5.17. The van der Waals surface area contributed by atoms with E-state index in [0.29, 0.717) is 19.4 Å². The first-order valence-electron chi connectivity index (χ1n) is 9.66. The third-order valence-corrected chi connectivity index (χ3v) is 4.62. The molecule has 0 aromatic carbocycles. The molecular weight excluding hydrogens is 432 g/mol. The zero-order chi connectivity index (χ0) is 24.0. The summed E-state index contributed by atoms with van der Waals surface area (Å²) in [7, 11) is 0. The van der Waals surface area contributed by atoms with E-state index >= 15 is 0 Å². The van der Waals surface area contributed by atoms with E-state index in [1.165, 1.54) is 0 Å². The van der Waals surface area contributed by atoms with Crippen LogP contribution in [-0.2, 0) is 24.0 Å². The molecule has 14 heteroatoms. The average molecular weight is 465 g/mol. The number of amides is 4. The number of nitrogens with two attached hydrogens (primary N) is 3. The number of rotatable bonds is 16. The fourth-order valence-electron chi connectivity index (χ4n) is 2.41. The van der Waals surface area contributed by atoms with Crippen LogP contribution in [0.1, 0.15) is 32.1 Å². The number of carbonyl (C=O) groups is 5. The molecule has 4 amide bonds. The maximum Gasteiger partial charge on any atom is 0.326 e. The molecule has 0 aliphatic heterocycles. The summed E-state index contributed by atoms with van der Waals surface area (Å²) in [6, 6.07) is -5.01. The number of hydrogen-bond donors (Lipinski definition) is 9. The molecule has 0 heterocycles. The van der Waals surface area contributed by atoms with Gasteiger partial charge in [0.1, 0.15) is 18.1 Å². The van der Waals surface area contributed by atoms with Crippen molar-refractivity contribution in [2.45, 2.75) is 56.3 Å². The molecule has 4 atom stereocenters. The minimum atomic E-state index is -1.49. The number of aliphatic carboxylic acids is 1. The SMILES string of the molecule is NCCCCC(NC(=O)C(CO)NC(=O)C(CCC(N)=O)NC(=O)C(N)CS)C(=O)O. The van der Waals surface area contributed by atoms with Crippen molar-refractivity contribution in [1.82, 2.24) is 16.0 Å². The second-order valence-corrected chi connectivity index (χ2v) is 7.15. The Kier molecular flexibility index (Phi) is 14.2. The highest BCUT2D eigenvalue weighted by molar-refractivity contribution is 7.80. The summed E-state index contributed by atoms with van der Waals surface area (Å²) in [5.74, 6) is -4.52. The van der Waals surface area contributed by atoms with Gasteiger partial charge in [-0.25, -0.2) is 4.79 Å². The number of carboxylic acids is 1. The molecule has 0 saturated carbocycles. The molecule has 0 aromatic heterocycles. The monoisotopic (exact) mass is 464 g/mol. The van der Waals surface area contributed by atoms with Crippen LogP contribution in [0, 0.1) is 0 Å². The number of aliphatic hydroxyl groups excluding tert-OH is 1. The van der Waals surface area contributed by atoms with Crippen molar-refractivity contribution in [3.8, 4) is 0 Å².